The number of nitrogens with two attached hydrogens (primary N) is 2. The maximum absolute atomic E-state index is 13.2. The first-order valence-corrected chi connectivity index (χ1v) is 14.8. The molecule has 44 heavy (non-hydrogen) atoms. The van der Waals surface area contributed by atoms with Crippen molar-refractivity contribution >= 4 is 37.4 Å². The van der Waals surface area contributed by atoms with Crippen molar-refractivity contribution in [2.24, 2.45) is 11.5 Å². The fraction of sp³-hybridized carbons (Fsp3) is 0.370. The highest BCUT2D eigenvalue weighted by Gasteiger charge is 2.32. The van der Waals surface area contributed by atoms with Gasteiger partial charge in [0.1, 0.15) is 23.9 Å². The second-order valence-electron chi connectivity index (χ2n) is 9.89. The van der Waals surface area contributed by atoms with Gasteiger partial charge in [0.15, 0.2) is 0 Å². The summed E-state index contributed by atoms with van der Waals surface area (Å²) in [6, 6.07) is 9.74. The molecule has 0 aliphatic heterocycles. The first-order valence-electron chi connectivity index (χ1n) is 13.3. The van der Waals surface area contributed by atoms with E-state index in [4.69, 9.17) is 21.3 Å². The number of primary amides is 1. The Labute approximate surface area is 253 Å². The minimum atomic E-state index is -4.98. The van der Waals surface area contributed by atoms with E-state index < -0.39 is 74.7 Å². The first kappa shape index (κ1) is 35.9. The van der Waals surface area contributed by atoms with E-state index in [1.54, 1.807) is 42.5 Å². The Balaban J connectivity index is 2.03. The third kappa shape index (κ3) is 12.1. The van der Waals surface area contributed by atoms with Gasteiger partial charge in [0.05, 0.1) is 19.2 Å². The second kappa shape index (κ2) is 16.5. The van der Waals surface area contributed by atoms with E-state index in [-0.39, 0.29) is 18.6 Å². The predicted molar refractivity (Wildman–Crippen MR) is 156 cm³/mol. The summed E-state index contributed by atoms with van der Waals surface area (Å²) in [4.78, 5) is 82.0. The molecule has 0 fully saturated rings. The summed E-state index contributed by atoms with van der Waals surface area (Å²) in [6.07, 6.45) is 0.121. The molecule has 0 unspecified atom stereocenters. The molecule has 17 heteroatoms. The van der Waals surface area contributed by atoms with Crippen molar-refractivity contribution in [2.75, 3.05) is 20.2 Å². The average Bonchev–Trinajstić information content (AvgIpc) is 2.96. The van der Waals surface area contributed by atoms with Crippen LogP contribution in [0.1, 0.15) is 18.1 Å². The first-order chi connectivity index (χ1) is 20.6. The van der Waals surface area contributed by atoms with Crippen LogP contribution in [0.25, 0.3) is 0 Å². The SMILES string of the molecule is C[C@H](NC(=O)[C@@H](N)Cc1ccc(O)cc1)C(=O)NCC(=O)N(C)[C@@H](Cc1ccccc1)C(=O)N[C@@H](COP(=O)(O)O)C(N)=O. The number of benzene rings is 2. The molecule has 5 amide bonds. The number of phenolic OH excluding ortho intramolecular Hbond substituents is 1. The highest BCUT2D eigenvalue weighted by molar-refractivity contribution is 7.46. The van der Waals surface area contributed by atoms with E-state index in [0.717, 1.165) is 4.90 Å². The van der Waals surface area contributed by atoms with Gasteiger partial charge in [-0.1, -0.05) is 42.5 Å². The fourth-order valence-electron chi connectivity index (χ4n) is 3.86. The molecule has 0 spiro atoms. The van der Waals surface area contributed by atoms with Gasteiger partial charge >= 0.3 is 7.82 Å². The number of carbonyl (C=O) groups is 5. The minimum Gasteiger partial charge on any atom is -0.508 e. The molecule has 10 N–H and O–H groups in total. The maximum Gasteiger partial charge on any atom is 0.469 e. The number of amides is 5. The number of nitrogens with one attached hydrogen (secondary N) is 3. The molecule has 0 saturated carbocycles. The van der Waals surface area contributed by atoms with Crippen molar-refractivity contribution in [3.05, 3.63) is 65.7 Å². The summed E-state index contributed by atoms with van der Waals surface area (Å²) >= 11 is 0. The van der Waals surface area contributed by atoms with Crippen molar-refractivity contribution in [3.8, 4) is 5.75 Å². The zero-order chi connectivity index (χ0) is 33.0. The molecule has 16 nitrogen and oxygen atoms in total. The molecule has 2 aromatic carbocycles. The number of nitrogens with zero attached hydrogens (tertiary/aromatic N) is 1. The smallest absolute Gasteiger partial charge is 0.469 e. The lowest BCUT2D eigenvalue weighted by Gasteiger charge is -2.29. The van der Waals surface area contributed by atoms with Crippen molar-refractivity contribution in [1.29, 1.82) is 0 Å². The summed E-state index contributed by atoms with van der Waals surface area (Å²) in [5, 5.41) is 16.5. The molecule has 0 saturated heterocycles. The minimum absolute atomic E-state index is 0.0287. The normalized spacial score (nSPS) is 13.9. The van der Waals surface area contributed by atoms with Gasteiger partial charge in [-0.3, -0.25) is 28.5 Å². The number of hydrogen-bond donors (Lipinski definition) is 8. The molecule has 2 aromatic rings. The van der Waals surface area contributed by atoms with Crippen LogP contribution >= 0.6 is 7.82 Å². The van der Waals surface area contributed by atoms with E-state index in [9.17, 15) is 33.6 Å². The molecule has 0 aliphatic carbocycles. The molecule has 0 bridgehead atoms. The van der Waals surface area contributed by atoms with Crippen LogP contribution in [0.2, 0.25) is 0 Å². The summed E-state index contributed by atoms with van der Waals surface area (Å²) in [5.74, 6) is -3.98. The lowest BCUT2D eigenvalue weighted by atomic mass is 10.0. The predicted octanol–water partition coefficient (Wildman–Crippen LogP) is -1.97. The molecule has 0 aliphatic rings. The Kier molecular flexibility index (Phi) is 13.4. The number of aromatic hydroxyl groups is 1. The van der Waals surface area contributed by atoms with Crippen LogP contribution in [0.3, 0.4) is 0 Å². The van der Waals surface area contributed by atoms with E-state index >= 15 is 0 Å². The van der Waals surface area contributed by atoms with E-state index in [1.807, 2.05) is 0 Å². The van der Waals surface area contributed by atoms with Gasteiger partial charge in [0.2, 0.25) is 29.5 Å². The molecular formula is C27H37N6O10P. The highest BCUT2D eigenvalue weighted by atomic mass is 31.2. The average molecular weight is 637 g/mol. The number of phosphoric ester groups is 1. The monoisotopic (exact) mass is 636 g/mol. The largest absolute Gasteiger partial charge is 0.508 e. The van der Waals surface area contributed by atoms with Crippen molar-refractivity contribution in [2.45, 2.75) is 43.9 Å². The van der Waals surface area contributed by atoms with Gasteiger partial charge in [-0.2, -0.15) is 0 Å². The zero-order valence-corrected chi connectivity index (χ0v) is 25.0. The van der Waals surface area contributed by atoms with Crippen molar-refractivity contribution in [3.63, 3.8) is 0 Å². The summed E-state index contributed by atoms with van der Waals surface area (Å²) in [5.41, 5.74) is 12.5. The van der Waals surface area contributed by atoms with E-state index in [0.29, 0.717) is 11.1 Å². The summed E-state index contributed by atoms with van der Waals surface area (Å²) in [7, 11) is -3.69. The van der Waals surface area contributed by atoms with Crippen LogP contribution in [-0.2, 0) is 45.9 Å². The number of phenols is 1. The highest BCUT2D eigenvalue weighted by Crippen LogP contribution is 2.35. The van der Waals surface area contributed by atoms with Crippen molar-refractivity contribution in [1.82, 2.24) is 20.9 Å². The molecular weight excluding hydrogens is 599 g/mol. The number of phosphoric acid groups is 1. The second-order valence-corrected chi connectivity index (χ2v) is 11.1. The number of rotatable bonds is 16. The molecule has 240 valence electrons. The molecule has 4 atom stereocenters. The Morgan fingerprint density at radius 1 is 0.909 bits per heavy atom. The number of carbonyl (C=O) groups excluding carboxylic acids is 5. The molecule has 2 rings (SSSR count). The Morgan fingerprint density at radius 2 is 1.50 bits per heavy atom. The van der Waals surface area contributed by atoms with Gasteiger partial charge < -0.3 is 47.2 Å². The third-order valence-electron chi connectivity index (χ3n) is 6.40. The zero-order valence-electron chi connectivity index (χ0n) is 24.1. The van der Waals surface area contributed by atoms with Gasteiger partial charge in [-0.05, 0) is 36.6 Å². The lowest BCUT2D eigenvalue weighted by molar-refractivity contribution is -0.140. The topological polar surface area (TPSA) is 264 Å². The van der Waals surface area contributed by atoms with Crippen LogP contribution in [-0.4, -0.2) is 93.7 Å². The number of likely N-dealkylation sites (N-methyl/N-ethyl adjacent to an activating group) is 1. The lowest BCUT2D eigenvalue weighted by Crippen LogP contribution is -2.57. The van der Waals surface area contributed by atoms with Gasteiger partial charge in [-0.25, -0.2) is 4.57 Å². The standard InChI is InChI=1S/C27H37N6O10P/c1-16(31-26(38)20(28)12-18-8-10-19(34)11-9-18)25(37)30-14-23(35)33(2)22(13-17-6-4-3-5-7-17)27(39)32-21(24(29)36)15-43-44(40,41)42/h3-11,16,20-22,34H,12-15,28H2,1-2H3,(H2,29,36)(H,30,37)(H,31,38)(H,32,39)(H2,40,41,42)/t16-,20-,21-,22-/m0/s1. The Morgan fingerprint density at radius 3 is 2.07 bits per heavy atom. The van der Waals surface area contributed by atoms with E-state index in [2.05, 4.69) is 20.5 Å². The summed E-state index contributed by atoms with van der Waals surface area (Å²) in [6.45, 7) is -0.0857. The molecule has 0 radical (unpaired) electrons. The molecule has 0 aromatic heterocycles. The summed E-state index contributed by atoms with van der Waals surface area (Å²) < 4.78 is 15.4. The van der Waals surface area contributed by atoms with Crippen LogP contribution in [0.4, 0.5) is 0 Å². The quantitative estimate of drug-likeness (QED) is 0.0937. The Hall–Kier alpha value is -4.34. The van der Waals surface area contributed by atoms with Gasteiger partial charge in [-0.15, -0.1) is 0 Å². The van der Waals surface area contributed by atoms with Crippen LogP contribution in [0.15, 0.2) is 54.6 Å². The van der Waals surface area contributed by atoms with Gasteiger partial charge in [0.25, 0.3) is 0 Å². The van der Waals surface area contributed by atoms with Crippen LogP contribution in [0.5, 0.6) is 5.75 Å². The Bertz CT molecular complexity index is 1350. The van der Waals surface area contributed by atoms with Gasteiger partial charge in [0, 0.05) is 13.5 Å². The van der Waals surface area contributed by atoms with Crippen LogP contribution in [0, 0.1) is 0 Å². The van der Waals surface area contributed by atoms with Crippen LogP contribution < -0.4 is 27.4 Å². The van der Waals surface area contributed by atoms with Crippen molar-refractivity contribution < 1.29 is 48.0 Å². The fourth-order valence-corrected chi connectivity index (χ4v) is 4.20. The molecule has 0 heterocycles. The maximum atomic E-state index is 13.2. The van der Waals surface area contributed by atoms with E-state index in [1.165, 1.54) is 26.1 Å². The third-order valence-corrected chi connectivity index (χ3v) is 6.88. The number of hydrogen-bond acceptors (Lipinski definition) is 9.